The standard InChI is InChI=1S/C17H17N3OS/c1-2-11-3-4-13-15(9-11)22-19-16(13)17(21)18-14-10-20-7-5-12(14)6-8-20/h1,3-4,9,12,14H,5-8,10H2,(H,18,21)/t14-/m0/s1. The number of carbonyl (C=O) groups excluding carboxylic acids is 1. The topological polar surface area (TPSA) is 45.2 Å². The van der Waals surface area contributed by atoms with Crippen LogP contribution in [0.15, 0.2) is 18.2 Å². The summed E-state index contributed by atoms with van der Waals surface area (Å²) in [5.41, 5.74) is 1.35. The fourth-order valence-corrected chi connectivity index (χ4v) is 4.37. The van der Waals surface area contributed by atoms with E-state index < -0.39 is 0 Å². The van der Waals surface area contributed by atoms with Crippen LogP contribution in [0.4, 0.5) is 0 Å². The van der Waals surface area contributed by atoms with Crippen LogP contribution in [0.2, 0.25) is 0 Å². The molecule has 0 spiro atoms. The molecule has 0 unspecified atom stereocenters. The van der Waals surface area contributed by atoms with Gasteiger partial charge in [0.15, 0.2) is 0 Å². The Hall–Kier alpha value is -1.90. The van der Waals surface area contributed by atoms with E-state index in [1.54, 1.807) is 0 Å². The first-order valence-electron chi connectivity index (χ1n) is 7.64. The predicted octanol–water partition coefficient (Wildman–Crippen LogP) is 2.10. The minimum Gasteiger partial charge on any atom is -0.346 e. The summed E-state index contributed by atoms with van der Waals surface area (Å²) in [5, 5.41) is 4.09. The molecule has 1 aromatic heterocycles. The number of amides is 1. The van der Waals surface area contributed by atoms with Gasteiger partial charge < -0.3 is 10.2 Å². The molecule has 1 amide bonds. The summed E-state index contributed by atoms with van der Waals surface area (Å²) < 4.78 is 5.31. The molecule has 1 aromatic carbocycles. The van der Waals surface area contributed by atoms with Crippen molar-refractivity contribution in [3.05, 3.63) is 29.5 Å². The largest absolute Gasteiger partial charge is 0.346 e. The van der Waals surface area contributed by atoms with E-state index in [2.05, 4.69) is 20.5 Å². The van der Waals surface area contributed by atoms with Crippen LogP contribution in [0.3, 0.4) is 0 Å². The number of rotatable bonds is 2. The zero-order valence-corrected chi connectivity index (χ0v) is 13.0. The Balaban J connectivity index is 1.57. The maximum absolute atomic E-state index is 12.6. The van der Waals surface area contributed by atoms with Gasteiger partial charge in [-0.05, 0) is 61.6 Å². The SMILES string of the molecule is C#Cc1ccc2c(C(=O)N[C@H]3CN4CCC3CC4)nsc2c1. The summed E-state index contributed by atoms with van der Waals surface area (Å²) in [7, 11) is 0. The lowest BCUT2D eigenvalue weighted by Gasteiger charge is -2.44. The van der Waals surface area contributed by atoms with Crippen LogP contribution in [-0.4, -0.2) is 40.9 Å². The maximum Gasteiger partial charge on any atom is 0.271 e. The number of hydrogen-bond acceptors (Lipinski definition) is 4. The van der Waals surface area contributed by atoms with Crippen molar-refractivity contribution in [1.82, 2.24) is 14.6 Å². The Morgan fingerprint density at radius 1 is 1.41 bits per heavy atom. The Kier molecular flexibility index (Phi) is 3.36. The van der Waals surface area contributed by atoms with Gasteiger partial charge in [0.25, 0.3) is 5.91 Å². The molecule has 1 atom stereocenters. The first kappa shape index (κ1) is 13.7. The van der Waals surface area contributed by atoms with Crippen LogP contribution >= 0.6 is 11.5 Å². The van der Waals surface area contributed by atoms with Gasteiger partial charge in [-0.25, -0.2) is 0 Å². The monoisotopic (exact) mass is 311 g/mol. The first-order valence-corrected chi connectivity index (χ1v) is 8.41. The predicted molar refractivity (Wildman–Crippen MR) is 88.0 cm³/mol. The number of hydrogen-bond donors (Lipinski definition) is 1. The molecule has 5 heteroatoms. The molecule has 112 valence electrons. The summed E-state index contributed by atoms with van der Waals surface area (Å²) >= 11 is 1.33. The average molecular weight is 311 g/mol. The molecular formula is C17H17N3OS. The number of fused-ring (bicyclic) bond motifs is 4. The maximum atomic E-state index is 12.6. The van der Waals surface area contributed by atoms with E-state index in [0.717, 1.165) is 22.2 Å². The Labute approximate surface area is 133 Å². The van der Waals surface area contributed by atoms with Gasteiger partial charge in [-0.3, -0.25) is 4.79 Å². The highest BCUT2D eigenvalue weighted by molar-refractivity contribution is 7.13. The lowest BCUT2D eigenvalue weighted by molar-refractivity contribution is 0.0619. The van der Waals surface area contributed by atoms with Gasteiger partial charge >= 0.3 is 0 Å². The molecular weight excluding hydrogens is 294 g/mol. The Morgan fingerprint density at radius 2 is 2.23 bits per heavy atom. The Bertz CT molecular complexity index is 768. The second-order valence-corrected chi connectivity index (χ2v) is 6.91. The molecule has 1 N–H and O–H groups in total. The van der Waals surface area contributed by atoms with E-state index in [-0.39, 0.29) is 11.9 Å². The fourth-order valence-electron chi connectivity index (χ4n) is 3.56. The molecule has 0 saturated carbocycles. The molecule has 5 rings (SSSR count). The molecule has 0 aliphatic carbocycles. The highest BCUT2D eigenvalue weighted by Crippen LogP contribution is 2.28. The number of terminal acetylenes is 1. The fraction of sp³-hybridized carbons (Fsp3) is 0.412. The third kappa shape index (κ3) is 2.29. The third-order valence-corrected chi connectivity index (χ3v) is 5.63. The van der Waals surface area contributed by atoms with Crippen molar-refractivity contribution < 1.29 is 4.79 Å². The summed E-state index contributed by atoms with van der Waals surface area (Å²) in [6.45, 7) is 3.32. The first-order chi connectivity index (χ1) is 10.7. The van der Waals surface area contributed by atoms with E-state index in [4.69, 9.17) is 6.42 Å². The number of benzene rings is 1. The number of piperidine rings is 3. The van der Waals surface area contributed by atoms with Crippen molar-refractivity contribution in [1.29, 1.82) is 0 Å². The van der Waals surface area contributed by atoms with Gasteiger partial charge in [0.05, 0.1) is 4.70 Å². The zero-order valence-electron chi connectivity index (χ0n) is 12.2. The van der Waals surface area contributed by atoms with Crippen LogP contribution in [0.25, 0.3) is 10.1 Å². The van der Waals surface area contributed by atoms with E-state index in [1.165, 1.54) is 37.5 Å². The average Bonchev–Trinajstić information content (AvgIpc) is 2.99. The van der Waals surface area contributed by atoms with Crippen LogP contribution in [0.1, 0.15) is 28.9 Å². The van der Waals surface area contributed by atoms with Crippen molar-refractivity contribution >= 4 is 27.5 Å². The van der Waals surface area contributed by atoms with Crippen LogP contribution in [-0.2, 0) is 0 Å². The molecule has 4 nitrogen and oxygen atoms in total. The molecule has 0 radical (unpaired) electrons. The summed E-state index contributed by atoms with van der Waals surface area (Å²) in [4.78, 5) is 15.0. The molecule has 3 aliphatic heterocycles. The van der Waals surface area contributed by atoms with Crippen LogP contribution in [0, 0.1) is 18.3 Å². The second-order valence-electron chi connectivity index (χ2n) is 6.10. The number of nitrogens with one attached hydrogen (secondary N) is 1. The van der Waals surface area contributed by atoms with Gasteiger partial charge in [0, 0.05) is 23.5 Å². The summed E-state index contributed by atoms with van der Waals surface area (Å²) in [5.74, 6) is 3.17. The molecule has 2 aromatic rings. The highest BCUT2D eigenvalue weighted by atomic mass is 32.1. The van der Waals surface area contributed by atoms with E-state index in [1.807, 2.05) is 18.2 Å². The molecule has 3 fully saturated rings. The lowest BCUT2D eigenvalue weighted by atomic mass is 9.84. The number of carbonyl (C=O) groups is 1. The van der Waals surface area contributed by atoms with E-state index >= 15 is 0 Å². The Morgan fingerprint density at radius 3 is 2.91 bits per heavy atom. The summed E-state index contributed by atoms with van der Waals surface area (Å²) in [6, 6.07) is 5.94. The normalized spacial score (nSPS) is 26.8. The van der Waals surface area contributed by atoms with Crippen LogP contribution in [0.5, 0.6) is 0 Å². The third-order valence-electron chi connectivity index (χ3n) is 4.83. The van der Waals surface area contributed by atoms with Crippen molar-refractivity contribution in [2.75, 3.05) is 19.6 Å². The van der Waals surface area contributed by atoms with Crippen molar-refractivity contribution in [3.8, 4) is 12.3 Å². The van der Waals surface area contributed by atoms with Gasteiger partial charge in [-0.15, -0.1) is 6.42 Å². The quantitative estimate of drug-likeness (QED) is 0.864. The smallest absolute Gasteiger partial charge is 0.271 e. The van der Waals surface area contributed by atoms with Crippen molar-refractivity contribution in [2.24, 2.45) is 5.92 Å². The molecule has 3 aliphatic rings. The number of aromatic nitrogens is 1. The second kappa shape index (κ2) is 5.38. The van der Waals surface area contributed by atoms with Gasteiger partial charge in [-0.2, -0.15) is 4.37 Å². The minimum atomic E-state index is -0.0570. The van der Waals surface area contributed by atoms with Gasteiger partial charge in [0.1, 0.15) is 5.69 Å². The molecule has 22 heavy (non-hydrogen) atoms. The minimum absolute atomic E-state index is 0.0570. The van der Waals surface area contributed by atoms with Crippen LogP contribution < -0.4 is 5.32 Å². The molecule has 2 bridgehead atoms. The van der Waals surface area contributed by atoms with Crippen molar-refractivity contribution in [2.45, 2.75) is 18.9 Å². The van der Waals surface area contributed by atoms with Gasteiger partial charge in [0.2, 0.25) is 0 Å². The summed E-state index contributed by atoms with van der Waals surface area (Å²) in [6.07, 6.45) is 7.79. The van der Waals surface area contributed by atoms with E-state index in [0.29, 0.717) is 11.6 Å². The molecule has 4 heterocycles. The highest BCUT2D eigenvalue weighted by Gasteiger charge is 2.35. The molecule has 3 saturated heterocycles. The zero-order chi connectivity index (χ0) is 15.1. The number of nitrogens with zero attached hydrogens (tertiary/aromatic N) is 2. The van der Waals surface area contributed by atoms with E-state index in [9.17, 15) is 4.79 Å². The van der Waals surface area contributed by atoms with Crippen molar-refractivity contribution in [3.63, 3.8) is 0 Å². The van der Waals surface area contributed by atoms with Gasteiger partial charge in [-0.1, -0.05) is 5.92 Å². The lowest BCUT2D eigenvalue weighted by Crippen LogP contribution is -2.57.